The maximum Gasteiger partial charge on any atom is 0.270 e. The van der Waals surface area contributed by atoms with Gasteiger partial charge in [0.1, 0.15) is 35.4 Å². The fourth-order valence-corrected chi connectivity index (χ4v) is 4.84. The number of nitrogens with zero attached hydrogens (tertiary/aromatic N) is 5. The summed E-state index contributed by atoms with van der Waals surface area (Å²) in [6, 6.07) is 31.0. The smallest absolute Gasteiger partial charge is 0.270 e. The van der Waals surface area contributed by atoms with E-state index in [0.29, 0.717) is 17.7 Å². The van der Waals surface area contributed by atoms with Gasteiger partial charge in [0.2, 0.25) is 0 Å². The molecule has 57 heavy (non-hydrogen) atoms. The number of carbonyl (C=O) groups excluding carboxylic acids is 4. The zero-order chi connectivity index (χ0) is 46.0. The molecule has 0 unspecified atom stereocenters. The number of hydrogen-bond acceptors (Lipinski definition) is 9. The van der Waals surface area contributed by atoms with E-state index < -0.39 is 43.1 Å². The average molecular weight is 766 g/mol. The van der Waals surface area contributed by atoms with E-state index in [9.17, 15) is 19.2 Å². The van der Waals surface area contributed by atoms with E-state index in [0.717, 1.165) is 41.0 Å². The second kappa shape index (κ2) is 20.2. The van der Waals surface area contributed by atoms with E-state index in [-0.39, 0.29) is 33.9 Å². The number of amides is 4. The van der Waals surface area contributed by atoms with Gasteiger partial charge in [0.25, 0.3) is 23.6 Å². The Balaban J connectivity index is 0.000000239. The summed E-state index contributed by atoms with van der Waals surface area (Å²) in [5.41, 5.74) is 4.19. The van der Waals surface area contributed by atoms with Crippen molar-refractivity contribution in [2.75, 3.05) is 0 Å². The Morgan fingerprint density at radius 3 is 1.33 bits per heavy atom. The number of nitriles is 1. The molecule has 2 heterocycles. The molecule has 2 aromatic heterocycles. The summed E-state index contributed by atoms with van der Waals surface area (Å²) in [6.07, 6.45) is 2.07. The number of nitrogens with one attached hydrogen (secondary N) is 4. The van der Waals surface area contributed by atoms with Crippen LogP contribution in [-0.2, 0) is 26.0 Å². The van der Waals surface area contributed by atoms with E-state index in [2.05, 4.69) is 41.2 Å². The molecule has 0 aliphatic carbocycles. The number of aryl methyl sites for hydroxylation is 3. The molecule has 4 amide bonds. The van der Waals surface area contributed by atoms with Crippen LogP contribution in [0.15, 0.2) is 122 Å². The first kappa shape index (κ1) is 32.8. The third-order valence-electron chi connectivity index (χ3n) is 7.85. The second-order valence-corrected chi connectivity index (χ2v) is 12.4. The van der Waals surface area contributed by atoms with Crippen LogP contribution in [0, 0.1) is 32.1 Å². The second-order valence-electron chi connectivity index (χ2n) is 12.4. The Morgan fingerprint density at radius 2 is 0.912 bits per heavy atom. The Kier molecular flexibility index (Phi) is 11.6. The van der Waals surface area contributed by atoms with Gasteiger partial charge >= 0.3 is 0 Å². The first-order chi connectivity index (χ1) is 29.8. The van der Waals surface area contributed by atoms with Crippen molar-refractivity contribution < 1.29 is 27.4 Å². The molecule has 13 heteroatoms. The van der Waals surface area contributed by atoms with Crippen molar-refractivity contribution in [3.63, 3.8) is 0 Å². The zero-order valence-electron chi connectivity index (χ0n) is 37.1. The van der Waals surface area contributed by atoms with Crippen molar-refractivity contribution in [2.45, 2.75) is 46.8 Å². The zero-order valence-corrected chi connectivity index (χ0v) is 31.1. The molecule has 6 rings (SSSR count). The molecule has 0 radical (unpaired) electrons. The van der Waals surface area contributed by atoms with Crippen LogP contribution in [0.25, 0.3) is 0 Å². The van der Waals surface area contributed by atoms with E-state index in [1.54, 1.807) is 43.3 Å². The molecule has 0 aliphatic rings. The summed E-state index contributed by atoms with van der Waals surface area (Å²) < 4.78 is 48.9. The van der Waals surface area contributed by atoms with Gasteiger partial charge < -0.3 is 21.3 Å². The largest absolute Gasteiger partial charge is 0.347 e. The minimum atomic E-state index is -2.28. The molecule has 4 N–H and O–H groups in total. The molecular weight excluding hydrogens is 719 g/mol. The van der Waals surface area contributed by atoms with Crippen molar-refractivity contribution in [1.29, 1.82) is 5.26 Å². The van der Waals surface area contributed by atoms with Gasteiger partial charge in [-0.05, 0) is 55.2 Å². The van der Waals surface area contributed by atoms with Gasteiger partial charge in [-0.15, -0.1) is 0 Å². The summed E-state index contributed by atoms with van der Waals surface area (Å²) >= 11 is 0. The molecule has 4 aromatic carbocycles. The number of aromatic nitrogens is 4. The molecule has 0 atom stereocenters. The molecule has 6 aromatic rings. The van der Waals surface area contributed by atoms with Gasteiger partial charge in [0.05, 0.1) is 19.9 Å². The number of rotatable bonds is 12. The molecule has 0 fully saturated rings. The molecule has 13 nitrogen and oxygen atoms in total. The van der Waals surface area contributed by atoms with Crippen LogP contribution in [0.1, 0.15) is 94.7 Å². The van der Waals surface area contributed by atoms with E-state index >= 15 is 0 Å². The van der Waals surface area contributed by atoms with Crippen LogP contribution in [0.4, 0.5) is 0 Å². The Bertz CT molecular complexity index is 2680. The van der Waals surface area contributed by atoms with E-state index in [1.165, 1.54) is 36.4 Å². The van der Waals surface area contributed by atoms with Gasteiger partial charge in [-0.3, -0.25) is 19.2 Å². The normalized spacial score (nSPS) is 12.5. The lowest BCUT2D eigenvalue weighted by Crippen LogP contribution is -2.27. The Labute approximate surface area is 339 Å². The Morgan fingerprint density at radius 1 is 0.509 bits per heavy atom. The summed E-state index contributed by atoms with van der Waals surface area (Å²) in [5.74, 6) is -2.96. The van der Waals surface area contributed by atoms with Gasteiger partial charge in [0, 0.05) is 38.2 Å². The van der Waals surface area contributed by atoms with Crippen LogP contribution < -0.4 is 21.3 Å². The summed E-state index contributed by atoms with van der Waals surface area (Å²) in [4.78, 5) is 65.5. The highest BCUT2D eigenvalue weighted by Gasteiger charge is 2.15. The minimum absolute atomic E-state index is 0.0263. The fourth-order valence-electron chi connectivity index (χ4n) is 4.84. The molecule has 0 saturated heterocycles. The SMILES string of the molecule is [2H]C([2H])(NC(=O)c1cc(C(=O)NC([2H])([2H])c2cccc(C)c2)ncn1)c1ccc(C#N)cc1.[2H]C([2H])(NC(=O)c1cc(C(=O)NCc2ccc(C)cc2)ncn1)c1cccc(C)c1. The van der Waals surface area contributed by atoms with Crippen LogP contribution in [0.5, 0.6) is 0 Å². The summed E-state index contributed by atoms with van der Waals surface area (Å²) in [6.45, 7) is -0.620. The van der Waals surface area contributed by atoms with Crippen LogP contribution in [-0.4, -0.2) is 43.6 Å². The lowest BCUT2D eigenvalue weighted by Gasteiger charge is -2.08. The van der Waals surface area contributed by atoms with Gasteiger partial charge in [0.15, 0.2) is 0 Å². The third kappa shape index (κ3) is 12.8. The summed E-state index contributed by atoms with van der Waals surface area (Å²) in [7, 11) is 0. The number of carbonyl (C=O) groups is 4. The molecule has 286 valence electrons. The van der Waals surface area contributed by atoms with Crippen molar-refractivity contribution in [2.24, 2.45) is 0 Å². The molecule has 0 bridgehead atoms. The third-order valence-corrected chi connectivity index (χ3v) is 7.85. The van der Waals surface area contributed by atoms with Crippen molar-refractivity contribution in [1.82, 2.24) is 41.2 Å². The lowest BCUT2D eigenvalue weighted by molar-refractivity contribution is 0.0928. The van der Waals surface area contributed by atoms with E-state index in [1.807, 2.05) is 50.2 Å². The van der Waals surface area contributed by atoms with Crippen LogP contribution in [0.2, 0.25) is 0 Å². The maximum absolute atomic E-state index is 12.6. The monoisotopic (exact) mass is 765 g/mol. The highest BCUT2D eigenvalue weighted by molar-refractivity contribution is 5.98. The number of benzene rings is 4. The first-order valence-electron chi connectivity index (χ1n) is 20.4. The molecule has 0 spiro atoms. The predicted octanol–water partition coefficient (Wildman–Crippen LogP) is 5.47. The van der Waals surface area contributed by atoms with E-state index in [4.69, 9.17) is 13.5 Å². The fraction of sp³-hybridized carbons (Fsp3) is 0.159. The summed E-state index contributed by atoms with van der Waals surface area (Å²) in [5, 5.41) is 18.4. The molecule has 0 saturated carbocycles. The standard InChI is InChI=1S/C22H19N5O2.C22H22N4O2/c1-15-3-2-4-18(9-15)13-25-22(29)20-10-19(26-14-27-20)21(28)24-12-17-7-5-16(11-23)6-8-17;1-15-6-8-17(9-7-15)12-23-21(27)19-11-20(26-14-25-19)22(28)24-13-18-5-3-4-16(2)10-18/h2-10,14H,12-13H2,1H3,(H,24,28)(H,25,29);3-11,14H,12-13H2,1-2H3,(H,23,27)(H,24,28)/i12D2,13D2;13D2. The van der Waals surface area contributed by atoms with Crippen molar-refractivity contribution in [3.05, 3.63) is 189 Å². The first-order valence-corrected chi connectivity index (χ1v) is 17.4. The highest BCUT2D eigenvalue weighted by atomic mass is 16.2. The van der Waals surface area contributed by atoms with Crippen LogP contribution >= 0.6 is 0 Å². The van der Waals surface area contributed by atoms with Gasteiger partial charge in [-0.2, -0.15) is 5.26 Å². The van der Waals surface area contributed by atoms with Crippen molar-refractivity contribution >= 4 is 23.6 Å². The quantitative estimate of drug-likeness (QED) is 0.125. The topological polar surface area (TPSA) is 192 Å². The average Bonchev–Trinajstić information content (AvgIpc) is 3.26. The van der Waals surface area contributed by atoms with Gasteiger partial charge in [-0.25, -0.2) is 19.9 Å². The highest BCUT2D eigenvalue weighted by Crippen LogP contribution is 2.08. The van der Waals surface area contributed by atoms with Gasteiger partial charge in [-0.1, -0.05) is 102 Å². The Hall–Kier alpha value is -7.59. The lowest BCUT2D eigenvalue weighted by atomic mass is 10.1. The predicted molar refractivity (Wildman–Crippen MR) is 213 cm³/mol. The maximum atomic E-state index is 12.6. The molecule has 0 aliphatic heterocycles. The van der Waals surface area contributed by atoms with Crippen LogP contribution in [0.3, 0.4) is 0 Å². The van der Waals surface area contributed by atoms with Crippen molar-refractivity contribution in [3.8, 4) is 6.07 Å². The number of hydrogen-bond donors (Lipinski definition) is 4. The minimum Gasteiger partial charge on any atom is -0.347 e. The molecular formula is C44H41N9O4.